The SMILES string of the molecule is CN(CC(=O)O)C1CN(Cc2cnc(Cl)s2)C[C@H]1O. The first kappa shape index (κ1) is 14.7. The van der Waals surface area contributed by atoms with Crippen LogP contribution in [0.2, 0.25) is 4.47 Å². The van der Waals surface area contributed by atoms with Crippen molar-refractivity contribution in [3.8, 4) is 0 Å². The van der Waals surface area contributed by atoms with Crippen LogP contribution in [0, 0.1) is 0 Å². The standard InChI is InChI=1S/C11H16ClN3O3S/c1-14(6-10(17)18)8-4-15(5-9(8)16)3-7-2-13-11(12)19-7/h2,8-9,16H,3-6H2,1H3,(H,17,18)/t8?,9-/m1/s1. The number of carbonyl (C=O) groups is 1. The quantitative estimate of drug-likeness (QED) is 0.818. The largest absolute Gasteiger partial charge is 0.480 e. The van der Waals surface area contributed by atoms with Crippen molar-refractivity contribution >= 4 is 28.9 Å². The van der Waals surface area contributed by atoms with Crippen LogP contribution in [0.4, 0.5) is 0 Å². The van der Waals surface area contributed by atoms with E-state index in [4.69, 9.17) is 16.7 Å². The summed E-state index contributed by atoms with van der Waals surface area (Å²) in [5.41, 5.74) is 0. The number of β-amino-alcohol motifs (C(OH)–C–C–N with tert-alkyl or cyclic N) is 1. The summed E-state index contributed by atoms with van der Waals surface area (Å²) in [4.78, 5) is 19.5. The number of aromatic nitrogens is 1. The van der Waals surface area contributed by atoms with Gasteiger partial charge in [-0.1, -0.05) is 11.6 Å². The van der Waals surface area contributed by atoms with Crippen LogP contribution in [0.15, 0.2) is 6.20 Å². The minimum atomic E-state index is -0.887. The highest BCUT2D eigenvalue weighted by Crippen LogP contribution is 2.22. The number of likely N-dealkylation sites (tertiary alicyclic amines) is 1. The summed E-state index contributed by atoms with van der Waals surface area (Å²) in [6.07, 6.45) is 1.20. The molecule has 1 aliphatic rings. The molecule has 0 saturated carbocycles. The second-order valence-corrected chi connectivity index (χ2v) is 6.41. The van der Waals surface area contributed by atoms with Crippen molar-refractivity contribution < 1.29 is 15.0 Å². The summed E-state index contributed by atoms with van der Waals surface area (Å²) < 4.78 is 0.509. The zero-order valence-electron chi connectivity index (χ0n) is 10.5. The molecule has 2 rings (SSSR count). The van der Waals surface area contributed by atoms with Gasteiger partial charge in [0.25, 0.3) is 0 Å². The number of hydrogen-bond donors (Lipinski definition) is 2. The molecule has 0 bridgehead atoms. The smallest absolute Gasteiger partial charge is 0.317 e. The molecule has 1 saturated heterocycles. The molecule has 0 amide bonds. The highest BCUT2D eigenvalue weighted by atomic mass is 35.5. The van der Waals surface area contributed by atoms with Crippen LogP contribution >= 0.6 is 22.9 Å². The average molecular weight is 306 g/mol. The van der Waals surface area contributed by atoms with Gasteiger partial charge in [0, 0.05) is 36.8 Å². The van der Waals surface area contributed by atoms with Gasteiger partial charge in [0.1, 0.15) is 0 Å². The van der Waals surface area contributed by atoms with Gasteiger partial charge in [-0.2, -0.15) is 0 Å². The van der Waals surface area contributed by atoms with E-state index < -0.39 is 12.1 Å². The van der Waals surface area contributed by atoms with E-state index in [2.05, 4.69) is 9.88 Å². The highest BCUT2D eigenvalue weighted by molar-refractivity contribution is 7.15. The number of rotatable bonds is 5. The number of hydrogen-bond acceptors (Lipinski definition) is 6. The van der Waals surface area contributed by atoms with E-state index in [-0.39, 0.29) is 12.6 Å². The van der Waals surface area contributed by atoms with Crippen LogP contribution in [0.3, 0.4) is 0 Å². The maximum absolute atomic E-state index is 10.7. The van der Waals surface area contributed by atoms with Gasteiger partial charge in [-0.3, -0.25) is 14.6 Å². The Kier molecular flexibility index (Phi) is 4.75. The minimum Gasteiger partial charge on any atom is -0.480 e. The van der Waals surface area contributed by atoms with Gasteiger partial charge >= 0.3 is 5.97 Å². The van der Waals surface area contributed by atoms with Gasteiger partial charge < -0.3 is 10.2 Å². The van der Waals surface area contributed by atoms with E-state index in [0.717, 1.165) is 4.88 Å². The fraction of sp³-hybridized carbons (Fsp3) is 0.636. The molecular formula is C11H16ClN3O3S. The number of thiazole rings is 1. The monoisotopic (exact) mass is 305 g/mol. The number of halogens is 1. The first-order valence-electron chi connectivity index (χ1n) is 5.88. The summed E-state index contributed by atoms with van der Waals surface area (Å²) in [6, 6.07) is -0.153. The molecule has 0 spiro atoms. The van der Waals surface area contributed by atoms with Crippen molar-refractivity contribution in [1.82, 2.24) is 14.8 Å². The molecule has 2 atom stereocenters. The average Bonchev–Trinajstić information content (AvgIpc) is 2.85. The number of carboxylic acids is 1. The fourth-order valence-corrected chi connectivity index (χ4v) is 3.34. The van der Waals surface area contributed by atoms with Crippen molar-refractivity contribution in [3.63, 3.8) is 0 Å². The van der Waals surface area contributed by atoms with Crippen LogP contribution in [0.1, 0.15) is 4.88 Å². The summed E-state index contributed by atoms with van der Waals surface area (Å²) in [5.74, 6) is -0.887. The highest BCUT2D eigenvalue weighted by Gasteiger charge is 2.34. The Balaban J connectivity index is 1.91. The molecule has 0 radical (unpaired) electrons. The molecule has 0 aliphatic carbocycles. The number of carboxylic acid groups (broad SMARTS) is 1. The molecule has 19 heavy (non-hydrogen) atoms. The Bertz CT molecular complexity index is 456. The molecule has 0 aromatic carbocycles. The van der Waals surface area contributed by atoms with Crippen molar-refractivity contribution in [3.05, 3.63) is 15.5 Å². The van der Waals surface area contributed by atoms with Gasteiger partial charge in [-0.15, -0.1) is 11.3 Å². The summed E-state index contributed by atoms with van der Waals surface area (Å²) >= 11 is 7.20. The molecule has 2 heterocycles. The molecule has 2 N–H and O–H groups in total. The van der Waals surface area contributed by atoms with Crippen LogP contribution in [0.5, 0.6) is 0 Å². The third-order valence-corrected chi connectivity index (χ3v) is 4.29. The van der Waals surface area contributed by atoms with E-state index in [9.17, 15) is 9.90 Å². The van der Waals surface area contributed by atoms with Crippen LogP contribution in [0.25, 0.3) is 0 Å². The lowest BCUT2D eigenvalue weighted by molar-refractivity contribution is -0.138. The van der Waals surface area contributed by atoms with Crippen LogP contribution in [-0.4, -0.2) is 69.8 Å². The first-order chi connectivity index (χ1) is 8.95. The fourth-order valence-electron chi connectivity index (χ4n) is 2.32. The third-order valence-electron chi connectivity index (χ3n) is 3.19. The van der Waals surface area contributed by atoms with Crippen molar-refractivity contribution in [2.45, 2.75) is 18.7 Å². The predicted octanol–water partition coefficient (Wildman–Crippen LogP) is 0.358. The van der Waals surface area contributed by atoms with Crippen molar-refractivity contribution in [2.75, 3.05) is 26.7 Å². The van der Waals surface area contributed by atoms with Gasteiger partial charge in [-0.05, 0) is 7.05 Å². The molecular weight excluding hydrogens is 290 g/mol. The number of aliphatic hydroxyl groups excluding tert-OH is 1. The number of aliphatic carboxylic acids is 1. The van der Waals surface area contributed by atoms with E-state index in [0.29, 0.717) is 24.1 Å². The van der Waals surface area contributed by atoms with Crippen LogP contribution < -0.4 is 0 Å². The second kappa shape index (κ2) is 6.15. The maximum atomic E-state index is 10.7. The molecule has 6 nitrogen and oxygen atoms in total. The molecule has 1 fully saturated rings. The van der Waals surface area contributed by atoms with Gasteiger partial charge in [0.2, 0.25) is 0 Å². The predicted molar refractivity (Wildman–Crippen MR) is 72.5 cm³/mol. The molecule has 8 heteroatoms. The van der Waals surface area contributed by atoms with Crippen molar-refractivity contribution in [1.29, 1.82) is 0 Å². The lowest BCUT2D eigenvalue weighted by atomic mass is 10.2. The summed E-state index contributed by atoms with van der Waals surface area (Å²) in [6.45, 7) is 1.78. The van der Waals surface area contributed by atoms with E-state index in [1.165, 1.54) is 11.3 Å². The Hall–Kier alpha value is -0.730. The zero-order valence-corrected chi connectivity index (χ0v) is 12.1. The Morgan fingerprint density at radius 3 is 3.00 bits per heavy atom. The minimum absolute atomic E-state index is 0.0675. The normalized spacial score (nSPS) is 24.2. The van der Waals surface area contributed by atoms with E-state index in [1.54, 1.807) is 18.1 Å². The maximum Gasteiger partial charge on any atom is 0.317 e. The van der Waals surface area contributed by atoms with Gasteiger partial charge in [-0.25, -0.2) is 4.98 Å². The van der Waals surface area contributed by atoms with Crippen LogP contribution in [-0.2, 0) is 11.3 Å². The lowest BCUT2D eigenvalue weighted by Gasteiger charge is -2.24. The number of nitrogens with zero attached hydrogens (tertiary/aromatic N) is 3. The van der Waals surface area contributed by atoms with Crippen molar-refractivity contribution in [2.24, 2.45) is 0 Å². The van der Waals surface area contributed by atoms with Gasteiger partial charge in [0.15, 0.2) is 4.47 Å². The molecule has 1 unspecified atom stereocenters. The zero-order chi connectivity index (χ0) is 14.0. The van der Waals surface area contributed by atoms with Gasteiger partial charge in [0.05, 0.1) is 12.6 Å². The first-order valence-corrected chi connectivity index (χ1v) is 7.08. The Morgan fingerprint density at radius 2 is 2.42 bits per heavy atom. The molecule has 106 valence electrons. The second-order valence-electron chi connectivity index (χ2n) is 4.72. The summed E-state index contributed by atoms with van der Waals surface area (Å²) in [7, 11) is 1.72. The Labute approximate surface area is 120 Å². The topological polar surface area (TPSA) is 76.9 Å². The lowest BCUT2D eigenvalue weighted by Crippen LogP contribution is -2.43. The Morgan fingerprint density at radius 1 is 1.68 bits per heavy atom. The van der Waals surface area contributed by atoms with E-state index >= 15 is 0 Å². The third kappa shape index (κ3) is 3.87. The number of aliphatic hydroxyl groups is 1. The number of likely N-dealkylation sites (N-methyl/N-ethyl adjacent to an activating group) is 1. The van der Waals surface area contributed by atoms with E-state index in [1.807, 2.05) is 0 Å². The molecule has 1 aliphatic heterocycles. The molecule has 1 aromatic heterocycles. The molecule has 1 aromatic rings. The summed E-state index contributed by atoms with van der Waals surface area (Å²) in [5, 5.41) is 18.8.